The smallest absolute Gasteiger partial charge is 0.242 e. The van der Waals surface area contributed by atoms with Gasteiger partial charge in [-0.05, 0) is 19.9 Å². The second-order valence-corrected chi connectivity index (χ2v) is 6.24. The molecule has 0 atom stereocenters. The number of nitrogens with zero attached hydrogens (tertiary/aromatic N) is 1. The summed E-state index contributed by atoms with van der Waals surface area (Å²) in [7, 11) is -1.95. The molecule has 1 rings (SSSR count). The molecule has 0 radical (unpaired) electrons. The number of rotatable bonds is 7. The van der Waals surface area contributed by atoms with Crippen LogP contribution in [0.5, 0.6) is 0 Å². The highest BCUT2D eigenvalue weighted by atomic mass is 35.5. The number of halogens is 1. The predicted octanol–water partition coefficient (Wildman–Crippen LogP) is 1.48. The largest absolute Gasteiger partial charge is 0.377 e. The Morgan fingerprint density at radius 2 is 2.16 bits per heavy atom. The molecule has 0 saturated carbocycles. The summed E-state index contributed by atoms with van der Waals surface area (Å²) >= 11 is 5.90. The van der Waals surface area contributed by atoms with E-state index in [1.165, 1.54) is 12.3 Å². The molecule has 0 fully saturated rings. The van der Waals surface area contributed by atoms with E-state index in [2.05, 4.69) is 15.0 Å². The number of hydrogen-bond acceptors (Lipinski definition) is 5. The number of hydrogen-bond donors (Lipinski definition) is 2. The molecule has 0 aliphatic carbocycles. The summed E-state index contributed by atoms with van der Waals surface area (Å²) in [5.41, 5.74) is 0. The summed E-state index contributed by atoms with van der Waals surface area (Å²) < 4.78 is 31.6. The molecule has 0 bridgehead atoms. The molecule has 1 aromatic rings. The van der Waals surface area contributed by atoms with Gasteiger partial charge in [-0.15, -0.1) is 0 Å². The van der Waals surface area contributed by atoms with E-state index < -0.39 is 10.0 Å². The number of sulfonamides is 1. The van der Waals surface area contributed by atoms with Crippen LogP contribution in [0, 0.1) is 0 Å². The maximum atomic E-state index is 11.9. The zero-order valence-electron chi connectivity index (χ0n) is 11.1. The van der Waals surface area contributed by atoms with Gasteiger partial charge >= 0.3 is 0 Å². The molecule has 1 aromatic heterocycles. The summed E-state index contributed by atoms with van der Waals surface area (Å²) in [5, 5.41) is 3.01. The summed E-state index contributed by atoms with van der Waals surface area (Å²) in [4.78, 5) is 3.95. The standard InChI is InChI=1S/C11H18ClN3O3S/c1-8(2)18-5-4-15-19(16,17)9-6-10(12)11(13-3)14-7-9/h6-8,15H,4-5H2,1-3H3,(H,13,14). The molecular weight excluding hydrogens is 290 g/mol. The highest BCUT2D eigenvalue weighted by Crippen LogP contribution is 2.21. The van der Waals surface area contributed by atoms with Gasteiger partial charge in [-0.25, -0.2) is 18.1 Å². The maximum Gasteiger partial charge on any atom is 0.242 e. The van der Waals surface area contributed by atoms with E-state index in [9.17, 15) is 8.42 Å². The molecule has 0 amide bonds. The minimum absolute atomic E-state index is 0.0287. The van der Waals surface area contributed by atoms with Gasteiger partial charge < -0.3 is 10.1 Å². The zero-order valence-corrected chi connectivity index (χ0v) is 12.7. The summed E-state index contributed by atoms with van der Waals surface area (Å²) in [6, 6.07) is 1.35. The van der Waals surface area contributed by atoms with Crippen molar-refractivity contribution in [1.29, 1.82) is 0 Å². The third kappa shape index (κ3) is 4.94. The van der Waals surface area contributed by atoms with E-state index in [0.717, 1.165) is 0 Å². The molecule has 8 heteroatoms. The third-order valence-electron chi connectivity index (χ3n) is 2.21. The van der Waals surface area contributed by atoms with E-state index in [1.54, 1.807) is 7.05 Å². The minimum Gasteiger partial charge on any atom is -0.377 e. The van der Waals surface area contributed by atoms with Gasteiger partial charge in [0.15, 0.2) is 0 Å². The predicted molar refractivity (Wildman–Crippen MR) is 75.1 cm³/mol. The lowest BCUT2D eigenvalue weighted by Gasteiger charge is -2.10. The van der Waals surface area contributed by atoms with Crippen molar-refractivity contribution in [3.8, 4) is 0 Å². The van der Waals surface area contributed by atoms with Crippen molar-refractivity contribution in [3.05, 3.63) is 17.3 Å². The van der Waals surface area contributed by atoms with Crippen LogP contribution in [0.4, 0.5) is 5.82 Å². The third-order valence-corrected chi connectivity index (χ3v) is 3.92. The Morgan fingerprint density at radius 3 is 2.68 bits per heavy atom. The van der Waals surface area contributed by atoms with Gasteiger partial charge in [0.2, 0.25) is 10.0 Å². The Bertz CT molecular complexity index is 520. The molecule has 19 heavy (non-hydrogen) atoms. The van der Waals surface area contributed by atoms with Crippen molar-refractivity contribution in [1.82, 2.24) is 9.71 Å². The normalized spacial score (nSPS) is 11.8. The second-order valence-electron chi connectivity index (χ2n) is 4.07. The first-order chi connectivity index (χ1) is 8.86. The van der Waals surface area contributed by atoms with Crippen LogP contribution in [0.25, 0.3) is 0 Å². The fourth-order valence-corrected chi connectivity index (χ4v) is 2.61. The molecule has 0 aliphatic heterocycles. The molecule has 0 saturated heterocycles. The Kier molecular flexibility index (Phi) is 5.99. The van der Waals surface area contributed by atoms with Crippen molar-refractivity contribution in [2.24, 2.45) is 0 Å². The van der Waals surface area contributed by atoms with Gasteiger partial charge in [0.1, 0.15) is 10.7 Å². The van der Waals surface area contributed by atoms with Crippen LogP contribution in [0.3, 0.4) is 0 Å². The summed E-state index contributed by atoms with van der Waals surface area (Å²) in [6.45, 7) is 4.28. The SMILES string of the molecule is CNc1ncc(S(=O)(=O)NCCOC(C)C)cc1Cl. The van der Waals surface area contributed by atoms with E-state index in [1.807, 2.05) is 13.8 Å². The van der Waals surface area contributed by atoms with Crippen molar-refractivity contribution < 1.29 is 13.2 Å². The van der Waals surface area contributed by atoms with E-state index in [4.69, 9.17) is 16.3 Å². The number of pyridine rings is 1. The Balaban J connectivity index is 2.69. The average molecular weight is 308 g/mol. The first-order valence-electron chi connectivity index (χ1n) is 5.81. The van der Waals surface area contributed by atoms with Gasteiger partial charge in [-0.2, -0.15) is 0 Å². The number of aromatic nitrogens is 1. The van der Waals surface area contributed by atoms with Crippen LogP contribution in [-0.2, 0) is 14.8 Å². The molecular formula is C11H18ClN3O3S. The number of ether oxygens (including phenoxy) is 1. The molecule has 108 valence electrons. The minimum atomic E-state index is -3.61. The van der Waals surface area contributed by atoms with Gasteiger partial charge in [0.25, 0.3) is 0 Å². The number of anilines is 1. The zero-order chi connectivity index (χ0) is 14.5. The molecule has 0 unspecified atom stereocenters. The monoisotopic (exact) mass is 307 g/mol. The van der Waals surface area contributed by atoms with Crippen LogP contribution in [0.15, 0.2) is 17.2 Å². The van der Waals surface area contributed by atoms with Gasteiger partial charge in [-0.3, -0.25) is 0 Å². The van der Waals surface area contributed by atoms with Gasteiger partial charge in [0.05, 0.1) is 17.7 Å². The van der Waals surface area contributed by atoms with Crippen molar-refractivity contribution in [3.63, 3.8) is 0 Å². The average Bonchev–Trinajstić information content (AvgIpc) is 2.34. The van der Waals surface area contributed by atoms with E-state index in [-0.39, 0.29) is 22.6 Å². The maximum absolute atomic E-state index is 11.9. The lowest BCUT2D eigenvalue weighted by molar-refractivity contribution is 0.0834. The van der Waals surface area contributed by atoms with Crippen LogP contribution in [0.1, 0.15) is 13.8 Å². The fraction of sp³-hybridized carbons (Fsp3) is 0.545. The van der Waals surface area contributed by atoms with E-state index >= 15 is 0 Å². The van der Waals surface area contributed by atoms with Crippen LogP contribution in [0.2, 0.25) is 5.02 Å². The first-order valence-corrected chi connectivity index (χ1v) is 7.67. The quantitative estimate of drug-likeness (QED) is 0.746. The highest BCUT2D eigenvalue weighted by Gasteiger charge is 2.15. The van der Waals surface area contributed by atoms with Crippen molar-refractivity contribution >= 4 is 27.4 Å². The Labute approximate surface area is 118 Å². The Hall–Kier alpha value is -0.890. The van der Waals surface area contributed by atoms with Gasteiger partial charge in [-0.1, -0.05) is 11.6 Å². The van der Waals surface area contributed by atoms with Crippen LogP contribution >= 0.6 is 11.6 Å². The lowest BCUT2D eigenvalue weighted by atomic mass is 10.4. The van der Waals surface area contributed by atoms with Gasteiger partial charge in [0, 0.05) is 19.8 Å². The summed E-state index contributed by atoms with van der Waals surface area (Å²) in [5.74, 6) is 0.434. The van der Waals surface area contributed by atoms with Crippen LogP contribution < -0.4 is 10.0 Å². The molecule has 6 nitrogen and oxygen atoms in total. The highest BCUT2D eigenvalue weighted by molar-refractivity contribution is 7.89. The number of nitrogens with one attached hydrogen (secondary N) is 2. The molecule has 0 aliphatic rings. The fourth-order valence-electron chi connectivity index (χ4n) is 1.31. The Morgan fingerprint density at radius 1 is 1.47 bits per heavy atom. The lowest BCUT2D eigenvalue weighted by Crippen LogP contribution is -2.28. The topological polar surface area (TPSA) is 80.3 Å². The molecule has 0 spiro atoms. The molecule has 2 N–H and O–H groups in total. The molecule has 0 aromatic carbocycles. The summed E-state index contributed by atoms with van der Waals surface area (Å²) in [6.07, 6.45) is 1.32. The van der Waals surface area contributed by atoms with Crippen LogP contribution in [-0.4, -0.2) is 39.7 Å². The molecule has 1 heterocycles. The van der Waals surface area contributed by atoms with E-state index in [0.29, 0.717) is 12.4 Å². The van der Waals surface area contributed by atoms with Crippen molar-refractivity contribution in [2.45, 2.75) is 24.8 Å². The second kappa shape index (κ2) is 7.04. The van der Waals surface area contributed by atoms with Crippen molar-refractivity contribution in [2.75, 3.05) is 25.5 Å². The first kappa shape index (κ1) is 16.2.